The molecule has 15 heteroatoms. The molecule has 0 aliphatic carbocycles. The maximum absolute atomic E-state index is 13.4. The Morgan fingerprint density at radius 2 is 1.80 bits per heavy atom. The summed E-state index contributed by atoms with van der Waals surface area (Å²) in [5.74, 6) is -2.37. The Balaban J connectivity index is 1.60. The SMILES string of the molecule is Cn1c(Cc2c(Cl)ccc(CNC(=O)C(C)(N)C(F)(F)F)c2Cl)nc2cc(Cl)c(N3CCCC(C(F)(F)F)C3)cc21. The highest BCUT2D eigenvalue weighted by Gasteiger charge is 2.53. The van der Waals surface area contributed by atoms with Crippen molar-refractivity contribution in [3.63, 3.8) is 0 Å². The number of hydrogen-bond donors (Lipinski definition) is 2. The molecule has 1 amide bonds. The molecule has 41 heavy (non-hydrogen) atoms. The number of anilines is 1. The second-order valence-corrected chi connectivity index (χ2v) is 11.5. The van der Waals surface area contributed by atoms with Gasteiger partial charge in [0.25, 0.3) is 0 Å². The van der Waals surface area contributed by atoms with Crippen molar-refractivity contribution in [1.82, 2.24) is 14.9 Å². The predicted octanol–water partition coefficient (Wildman–Crippen LogP) is 6.80. The van der Waals surface area contributed by atoms with Crippen molar-refractivity contribution < 1.29 is 31.1 Å². The van der Waals surface area contributed by atoms with Gasteiger partial charge < -0.3 is 20.5 Å². The van der Waals surface area contributed by atoms with Gasteiger partial charge in [-0.3, -0.25) is 4.79 Å². The number of aryl methyl sites for hydroxylation is 1. The van der Waals surface area contributed by atoms with Crippen LogP contribution in [-0.4, -0.2) is 46.4 Å². The van der Waals surface area contributed by atoms with Gasteiger partial charge in [0.05, 0.1) is 32.7 Å². The summed E-state index contributed by atoms with van der Waals surface area (Å²) < 4.78 is 81.2. The Bertz CT molecular complexity index is 1470. The highest BCUT2D eigenvalue weighted by molar-refractivity contribution is 6.36. The Hall–Kier alpha value is -2.41. The third kappa shape index (κ3) is 6.35. The van der Waals surface area contributed by atoms with Crippen LogP contribution in [0.1, 0.15) is 36.7 Å². The van der Waals surface area contributed by atoms with Crippen LogP contribution in [0.4, 0.5) is 32.0 Å². The number of benzene rings is 2. The monoisotopic (exact) mass is 643 g/mol. The molecule has 0 spiro atoms. The molecule has 0 saturated carbocycles. The number of alkyl halides is 6. The van der Waals surface area contributed by atoms with Gasteiger partial charge in [-0.25, -0.2) is 4.98 Å². The van der Waals surface area contributed by atoms with Crippen molar-refractivity contribution in [3.05, 3.63) is 56.3 Å². The number of nitrogens with zero attached hydrogens (tertiary/aromatic N) is 3. The maximum atomic E-state index is 13.4. The van der Waals surface area contributed by atoms with Gasteiger partial charge in [0.1, 0.15) is 5.82 Å². The molecule has 2 aromatic carbocycles. The smallest absolute Gasteiger partial charge is 0.370 e. The van der Waals surface area contributed by atoms with Crippen molar-refractivity contribution in [2.24, 2.45) is 18.7 Å². The summed E-state index contributed by atoms with van der Waals surface area (Å²) in [6.07, 6.45) is -8.71. The molecule has 4 rings (SSSR count). The lowest BCUT2D eigenvalue weighted by atomic mass is 9.97. The van der Waals surface area contributed by atoms with Gasteiger partial charge in [-0.2, -0.15) is 26.3 Å². The Morgan fingerprint density at radius 3 is 2.44 bits per heavy atom. The molecule has 3 N–H and O–H groups in total. The Kier molecular flexibility index (Phi) is 8.73. The van der Waals surface area contributed by atoms with E-state index in [2.05, 4.69) is 10.3 Å². The molecule has 1 saturated heterocycles. The van der Waals surface area contributed by atoms with Crippen LogP contribution in [0.5, 0.6) is 0 Å². The van der Waals surface area contributed by atoms with E-state index >= 15 is 0 Å². The minimum absolute atomic E-state index is 0.0633. The standard InChI is InChI=1S/C26H26Cl3F6N5O/c1-24(36,26(33,34)35)23(41)37-11-13-5-6-16(27)15(22(13)29)8-21-38-18-9-17(28)19(10-20(18)39(21)2)40-7-3-4-14(12-40)25(30,31)32/h5-6,9-10,14H,3-4,7-8,11-12,36H2,1-2H3,(H,37,41). The molecule has 1 aliphatic rings. The third-order valence-electron chi connectivity index (χ3n) is 7.37. The average molecular weight is 645 g/mol. The van der Waals surface area contributed by atoms with E-state index in [1.54, 1.807) is 28.6 Å². The third-order valence-corrected chi connectivity index (χ3v) is 8.50. The van der Waals surface area contributed by atoms with E-state index in [-0.39, 0.29) is 41.0 Å². The summed E-state index contributed by atoms with van der Waals surface area (Å²) >= 11 is 19.4. The molecule has 1 aromatic heterocycles. The molecule has 2 unspecified atom stereocenters. The van der Waals surface area contributed by atoms with Crippen molar-refractivity contribution >= 4 is 57.4 Å². The zero-order valence-corrected chi connectivity index (χ0v) is 24.1. The second kappa shape index (κ2) is 11.3. The van der Waals surface area contributed by atoms with Crippen LogP contribution in [0.25, 0.3) is 11.0 Å². The van der Waals surface area contributed by atoms with Crippen LogP contribution in [0.15, 0.2) is 24.3 Å². The largest absolute Gasteiger partial charge is 0.415 e. The van der Waals surface area contributed by atoms with Crippen LogP contribution in [0, 0.1) is 5.92 Å². The zero-order chi connectivity index (χ0) is 30.5. The van der Waals surface area contributed by atoms with Crippen LogP contribution < -0.4 is 16.0 Å². The zero-order valence-electron chi connectivity index (χ0n) is 21.9. The summed E-state index contributed by atoms with van der Waals surface area (Å²) in [7, 11) is 1.72. The van der Waals surface area contributed by atoms with Gasteiger partial charge in [-0.05, 0) is 49.1 Å². The van der Waals surface area contributed by atoms with E-state index in [0.29, 0.717) is 53.6 Å². The van der Waals surface area contributed by atoms with Crippen molar-refractivity contribution in [3.8, 4) is 0 Å². The van der Waals surface area contributed by atoms with Gasteiger partial charge in [0.2, 0.25) is 5.91 Å². The molecule has 1 aliphatic heterocycles. The van der Waals surface area contributed by atoms with Gasteiger partial charge in [-0.1, -0.05) is 40.9 Å². The molecule has 1 fully saturated rings. The fraction of sp³-hybridized carbons (Fsp3) is 0.462. The summed E-state index contributed by atoms with van der Waals surface area (Å²) in [6.45, 7) is 0.477. The number of hydrogen-bond acceptors (Lipinski definition) is 4. The number of rotatable bonds is 6. The Labute approximate surface area is 246 Å². The van der Waals surface area contributed by atoms with Gasteiger partial charge in [-0.15, -0.1) is 0 Å². The Morgan fingerprint density at radius 1 is 1.12 bits per heavy atom. The number of amides is 1. The van der Waals surface area contributed by atoms with Gasteiger partial charge >= 0.3 is 12.4 Å². The van der Waals surface area contributed by atoms with E-state index in [4.69, 9.17) is 40.5 Å². The summed E-state index contributed by atoms with van der Waals surface area (Å²) in [5.41, 5.74) is 4.42. The number of piperidine rings is 1. The number of carbonyl (C=O) groups is 1. The minimum Gasteiger partial charge on any atom is -0.370 e. The van der Waals surface area contributed by atoms with E-state index in [9.17, 15) is 31.1 Å². The number of carbonyl (C=O) groups excluding carboxylic acids is 1. The summed E-state index contributed by atoms with van der Waals surface area (Å²) in [4.78, 5) is 18.3. The summed E-state index contributed by atoms with van der Waals surface area (Å²) in [5, 5.41) is 2.82. The highest BCUT2D eigenvalue weighted by Crippen LogP contribution is 2.39. The lowest BCUT2D eigenvalue weighted by molar-refractivity contribution is -0.187. The molecule has 0 bridgehead atoms. The first-order chi connectivity index (χ1) is 18.9. The van der Waals surface area contributed by atoms with Crippen molar-refractivity contribution in [2.45, 2.75) is 50.6 Å². The van der Waals surface area contributed by atoms with Crippen LogP contribution in [0.2, 0.25) is 15.1 Å². The fourth-order valence-corrected chi connectivity index (χ4v) is 5.55. The number of aromatic nitrogens is 2. The van der Waals surface area contributed by atoms with Crippen LogP contribution >= 0.6 is 34.8 Å². The van der Waals surface area contributed by atoms with Gasteiger partial charge in [0, 0.05) is 38.1 Å². The van der Waals surface area contributed by atoms with E-state index in [1.165, 1.54) is 12.1 Å². The van der Waals surface area contributed by atoms with Crippen molar-refractivity contribution in [1.29, 1.82) is 0 Å². The number of fused-ring (bicyclic) bond motifs is 1. The molecule has 2 atom stereocenters. The molecule has 2 heterocycles. The van der Waals surface area contributed by atoms with E-state index in [0.717, 1.165) is 0 Å². The first-order valence-corrected chi connectivity index (χ1v) is 13.6. The number of halogens is 9. The number of imidazole rings is 1. The predicted molar refractivity (Wildman–Crippen MR) is 146 cm³/mol. The molecule has 224 valence electrons. The lowest BCUT2D eigenvalue weighted by Crippen LogP contribution is -2.61. The van der Waals surface area contributed by atoms with Crippen molar-refractivity contribution in [2.75, 3.05) is 18.0 Å². The van der Waals surface area contributed by atoms with E-state index in [1.807, 2.05) is 0 Å². The molecular weight excluding hydrogens is 619 g/mol. The highest BCUT2D eigenvalue weighted by atomic mass is 35.5. The average Bonchev–Trinajstić information content (AvgIpc) is 3.17. The molecular formula is C26H26Cl3F6N5O. The summed E-state index contributed by atoms with van der Waals surface area (Å²) in [6, 6.07) is 6.27. The topological polar surface area (TPSA) is 76.2 Å². The number of nitrogens with one attached hydrogen (secondary N) is 1. The van der Waals surface area contributed by atoms with Crippen LogP contribution in [0.3, 0.4) is 0 Å². The normalized spacial score (nSPS) is 18.0. The van der Waals surface area contributed by atoms with E-state index < -0.39 is 29.7 Å². The van der Waals surface area contributed by atoms with Crippen LogP contribution in [-0.2, 0) is 24.8 Å². The lowest BCUT2D eigenvalue weighted by Gasteiger charge is -2.35. The quantitative estimate of drug-likeness (QED) is 0.290. The molecule has 0 radical (unpaired) electrons. The molecule has 6 nitrogen and oxygen atoms in total. The second-order valence-electron chi connectivity index (χ2n) is 10.3. The number of nitrogens with two attached hydrogens (primary N) is 1. The first-order valence-electron chi connectivity index (χ1n) is 12.5. The first kappa shape index (κ1) is 31.5. The minimum atomic E-state index is -4.96. The van der Waals surface area contributed by atoms with Gasteiger partial charge in [0.15, 0.2) is 5.54 Å². The molecule has 3 aromatic rings. The fourth-order valence-electron chi connectivity index (χ4n) is 4.71. The maximum Gasteiger partial charge on any atom is 0.415 e.